The summed E-state index contributed by atoms with van der Waals surface area (Å²) in [6, 6.07) is 9.36. The first-order valence-electron chi connectivity index (χ1n) is 10.1. The van der Waals surface area contributed by atoms with Gasteiger partial charge in [0.25, 0.3) is 5.91 Å². The average molecular weight is 394 g/mol. The van der Waals surface area contributed by atoms with E-state index in [1.54, 1.807) is 13.1 Å². The zero-order valence-electron chi connectivity index (χ0n) is 16.9. The molecule has 1 spiro atoms. The third kappa shape index (κ3) is 3.57. The standard InChI is InChI=1S/C22H26N4O3/c1-15(27)24-17-13-22(26(14-17)16(2)28)8-11-25(12-9-22)21(29)19-5-3-7-20-18(19)6-4-10-23-20/h3-7,10,17H,8-9,11-14H2,1-2H3,(H,24,27)/t17-/m0/s1. The second kappa shape index (κ2) is 7.46. The number of likely N-dealkylation sites (tertiary alicyclic amines) is 2. The van der Waals surface area contributed by atoms with Crippen LogP contribution in [0.3, 0.4) is 0 Å². The van der Waals surface area contributed by atoms with Crippen molar-refractivity contribution in [3.63, 3.8) is 0 Å². The van der Waals surface area contributed by atoms with Gasteiger partial charge in [0.2, 0.25) is 11.8 Å². The van der Waals surface area contributed by atoms with Crippen molar-refractivity contribution in [2.24, 2.45) is 0 Å². The highest BCUT2D eigenvalue weighted by atomic mass is 16.2. The molecule has 7 nitrogen and oxygen atoms in total. The zero-order valence-corrected chi connectivity index (χ0v) is 16.9. The molecule has 29 heavy (non-hydrogen) atoms. The van der Waals surface area contributed by atoms with Gasteiger partial charge in [0.05, 0.1) is 5.52 Å². The number of rotatable bonds is 2. The number of aromatic nitrogens is 1. The van der Waals surface area contributed by atoms with E-state index in [2.05, 4.69) is 10.3 Å². The van der Waals surface area contributed by atoms with Crippen molar-refractivity contribution in [1.29, 1.82) is 0 Å². The van der Waals surface area contributed by atoms with Crippen LogP contribution < -0.4 is 5.32 Å². The van der Waals surface area contributed by atoms with Crippen molar-refractivity contribution >= 4 is 28.6 Å². The van der Waals surface area contributed by atoms with Crippen LogP contribution in [0.2, 0.25) is 0 Å². The molecule has 1 aromatic heterocycles. The van der Waals surface area contributed by atoms with Crippen LogP contribution in [-0.2, 0) is 9.59 Å². The zero-order chi connectivity index (χ0) is 20.6. The molecule has 2 aliphatic heterocycles. The van der Waals surface area contributed by atoms with Crippen LogP contribution in [0.15, 0.2) is 36.5 Å². The number of hydrogen-bond acceptors (Lipinski definition) is 4. The van der Waals surface area contributed by atoms with E-state index < -0.39 is 0 Å². The molecule has 0 unspecified atom stereocenters. The maximum absolute atomic E-state index is 13.2. The Hall–Kier alpha value is -2.96. The molecule has 1 N–H and O–H groups in total. The van der Waals surface area contributed by atoms with Gasteiger partial charge in [0.15, 0.2) is 0 Å². The molecule has 2 saturated heterocycles. The highest BCUT2D eigenvalue weighted by Crippen LogP contribution is 2.39. The fourth-order valence-electron chi connectivity index (χ4n) is 4.95. The number of nitrogens with zero attached hydrogens (tertiary/aromatic N) is 3. The van der Waals surface area contributed by atoms with E-state index in [1.807, 2.05) is 40.1 Å². The molecular formula is C22H26N4O3. The summed E-state index contributed by atoms with van der Waals surface area (Å²) in [6.07, 6.45) is 3.91. The number of carbonyl (C=O) groups is 3. The van der Waals surface area contributed by atoms with E-state index in [-0.39, 0.29) is 29.3 Å². The smallest absolute Gasteiger partial charge is 0.254 e. The van der Waals surface area contributed by atoms with E-state index in [9.17, 15) is 14.4 Å². The first-order chi connectivity index (χ1) is 13.9. The van der Waals surface area contributed by atoms with Gasteiger partial charge in [0, 0.05) is 62.2 Å². The van der Waals surface area contributed by atoms with Crippen LogP contribution in [0, 0.1) is 0 Å². The second-order valence-corrected chi connectivity index (χ2v) is 8.12. The Labute approximate surface area is 170 Å². The Balaban J connectivity index is 1.51. The lowest BCUT2D eigenvalue weighted by Crippen LogP contribution is -2.54. The number of pyridine rings is 1. The SMILES string of the molecule is CC(=O)N[C@@H]1CN(C(C)=O)C2(CCN(C(=O)c3cccc4ncccc34)CC2)C1. The Morgan fingerprint density at radius 2 is 1.86 bits per heavy atom. The predicted molar refractivity (Wildman–Crippen MR) is 109 cm³/mol. The fraction of sp³-hybridized carbons (Fsp3) is 0.455. The van der Waals surface area contributed by atoms with Crippen molar-refractivity contribution in [2.75, 3.05) is 19.6 Å². The summed E-state index contributed by atoms with van der Waals surface area (Å²) in [5, 5.41) is 3.82. The normalized spacial score (nSPS) is 20.8. The van der Waals surface area contributed by atoms with Gasteiger partial charge in [-0.1, -0.05) is 12.1 Å². The summed E-state index contributed by atoms with van der Waals surface area (Å²) in [5.41, 5.74) is 1.19. The fourth-order valence-corrected chi connectivity index (χ4v) is 4.95. The molecule has 3 heterocycles. The molecule has 2 aliphatic rings. The molecule has 2 aromatic rings. The maximum Gasteiger partial charge on any atom is 0.254 e. The molecule has 152 valence electrons. The lowest BCUT2D eigenvalue weighted by molar-refractivity contribution is -0.134. The van der Waals surface area contributed by atoms with E-state index in [0.29, 0.717) is 25.2 Å². The number of carbonyl (C=O) groups excluding carboxylic acids is 3. The molecular weight excluding hydrogens is 368 g/mol. The molecule has 2 fully saturated rings. The Kier molecular flexibility index (Phi) is 4.98. The molecule has 0 saturated carbocycles. The number of amides is 3. The molecule has 0 aliphatic carbocycles. The third-order valence-electron chi connectivity index (χ3n) is 6.25. The van der Waals surface area contributed by atoms with Gasteiger partial charge >= 0.3 is 0 Å². The molecule has 7 heteroatoms. The molecule has 0 radical (unpaired) electrons. The van der Waals surface area contributed by atoms with Crippen LogP contribution in [0.4, 0.5) is 0 Å². The molecule has 1 atom stereocenters. The highest BCUT2D eigenvalue weighted by molar-refractivity contribution is 6.06. The number of benzene rings is 1. The van der Waals surface area contributed by atoms with Crippen molar-refractivity contribution in [3.05, 3.63) is 42.1 Å². The van der Waals surface area contributed by atoms with E-state index in [1.165, 1.54) is 6.92 Å². The third-order valence-corrected chi connectivity index (χ3v) is 6.25. The predicted octanol–water partition coefficient (Wildman–Crippen LogP) is 1.97. The monoisotopic (exact) mass is 394 g/mol. The van der Waals surface area contributed by atoms with Crippen LogP contribution in [0.25, 0.3) is 10.9 Å². The summed E-state index contributed by atoms with van der Waals surface area (Å²) in [7, 11) is 0. The largest absolute Gasteiger partial charge is 0.352 e. The number of piperidine rings is 1. The summed E-state index contributed by atoms with van der Waals surface area (Å²) < 4.78 is 0. The summed E-state index contributed by atoms with van der Waals surface area (Å²) in [4.78, 5) is 45.1. The molecule has 1 aromatic carbocycles. The molecule has 3 amide bonds. The highest BCUT2D eigenvalue weighted by Gasteiger charge is 2.49. The van der Waals surface area contributed by atoms with Gasteiger partial charge in [-0.2, -0.15) is 0 Å². The van der Waals surface area contributed by atoms with Crippen LogP contribution >= 0.6 is 0 Å². The minimum Gasteiger partial charge on any atom is -0.352 e. The Bertz CT molecular complexity index is 960. The van der Waals surface area contributed by atoms with Gasteiger partial charge in [-0.05, 0) is 37.5 Å². The number of hydrogen-bond donors (Lipinski definition) is 1. The van der Waals surface area contributed by atoms with Gasteiger partial charge in [-0.25, -0.2) is 0 Å². The quantitative estimate of drug-likeness (QED) is 0.844. The van der Waals surface area contributed by atoms with E-state index >= 15 is 0 Å². The first-order valence-corrected chi connectivity index (χ1v) is 10.1. The Morgan fingerprint density at radius 3 is 2.55 bits per heavy atom. The van der Waals surface area contributed by atoms with Gasteiger partial charge in [-0.15, -0.1) is 0 Å². The van der Waals surface area contributed by atoms with Gasteiger partial charge in [0.1, 0.15) is 0 Å². The summed E-state index contributed by atoms with van der Waals surface area (Å²) in [6.45, 7) is 4.80. The van der Waals surface area contributed by atoms with Gasteiger partial charge < -0.3 is 15.1 Å². The minimum atomic E-state index is -0.282. The number of fused-ring (bicyclic) bond motifs is 1. The van der Waals surface area contributed by atoms with E-state index in [4.69, 9.17) is 0 Å². The molecule has 4 rings (SSSR count). The topological polar surface area (TPSA) is 82.6 Å². The Morgan fingerprint density at radius 1 is 1.10 bits per heavy atom. The van der Waals surface area contributed by atoms with Crippen LogP contribution in [0.5, 0.6) is 0 Å². The van der Waals surface area contributed by atoms with Crippen LogP contribution in [-0.4, -0.2) is 63.7 Å². The first kappa shape index (κ1) is 19.4. The summed E-state index contributed by atoms with van der Waals surface area (Å²) >= 11 is 0. The van der Waals surface area contributed by atoms with Crippen molar-refractivity contribution in [1.82, 2.24) is 20.1 Å². The summed E-state index contributed by atoms with van der Waals surface area (Å²) in [5.74, 6) is -0.0466. The van der Waals surface area contributed by atoms with Crippen molar-refractivity contribution < 1.29 is 14.4 Å². The van der Waals surface area contributed by atoms with Crippen molar-refractivity contribution in [2.45, 2.75) is 44.7 Å². The number of nitrogens with one attached hydrogen (secondary N) is 1. The second-order valence-electron chi connectivity index (χ2n) is 8.12. The lowest BCUT2D eigenvalue weighted by Gasteiger charge is -2.44. The minimum absolute atomic E-state index is 0.00392. The average Bonchev–Trinajstić information content (AvgIpc) is 3.04. The van der Waals surface area contributed by atoms with Crippen molar-refractivity contribution in [3.8, 4) is 0 Å². The van der Waals surface area contributed by atoms with Gasteiger partial charge in [-0.3, -0.25) is 19.4 Å². The van der Waals surface area contributed by atoms with E-state index in [0.717, 1.165) is 30.2 Å². The lowest BCUT2D eigenvalue weighted by atomic mass is 9.83. The maximum atomic E-state index is 13.2. The molecule has 0 bridgehead atoms. The van der Waals surface area contributed by atoms with Crippen LogP contribution in [0.1, 0.15) is 43.5 Å².